The highest BCUT2D eigenvalue weighted by atomic mass is 32.2. The van der Waals surface area contributed by atoms with Crippen molar-refractivity contribution in [3.63, 3.8) is 0 Å². The Bertz CT molecular complexity index is 1240. The molecule has 33 heavy (non-hydrogen) atoms. The van der Waals surface area contributed by atoms with Crippen molar-refractivity contribution in [3.05, 3.63) is 83.4 Å². The number of rotatable bonds is 9. The Balaban J connectivity index is 1.94. The summed E-state index contributed by atoms with van der Waals surface area (Å²) in [6, 6.07) is 19.3. The minimum atomic E-state index is -4.10. The maximum atomic E-state index is 13.7. The molecule has 1 N–H and O–H groups in total. The summed E-state index contributed by atoms with van der Waals surface area (Å²) in [6.45, 7) is 3.48. The van der Waals surface area contributed by atoms with Crippen molar-refractivity contribution < 1.29 is 22.7 Å². The van der Waals surface area contributed by atoms with Crippen LogP contribution in [0.3, 0.4) is 0 Å². The van der Waals surface area contributed by atoms with Crippen molar-refractivity contribution in [1.82, 2.24) is 5.32 Å². The van der Waals surface area contributed by atoms with Crippen molar-refractivity contribution in [2.45, 2.75) is 25.3 Å². The summed E-state index contributed by atoms with van der Waals surface area (Å²) >= 11 is 0. The van der Waals surface area contributed by atoms with Crippen LogP contribution in [0.15, 0.2) is 71.6 Å². The highest BCUT2D eigenvalue weighted by Crippen LogP contribution is 2.31. The molecule has 0 saturated heterocycles. The van der Waals surface area contributed by atoms with E-state index < -0.39 is 22.5 Å². The number of amides is 1. The first-order chi connectivity index (χ1) is 15.8. The van der Waals surface area contributed by atoms with Crippen molar-refractivity contribution in [3.8, 4) is 11.5 Å². The van der Waals surface area contributed by atoms with Crippen LogP contribution in [0.5, 0.6) is 11.5 Å². The topological polar surface area (TPSA) is 84.9 Å². The molecule has 0 bridgehead atoms. The Morgan fingerprint density at radius 2 is 1.58 bits per heavy atom. The average molecular weight is 469 g/mol. The molecule has 7 nitrogen and oxygen atoms in total. The number of anilines is 1. The lowest BCUT2D eigenvalue weighted by Gasteiger charge is -2.25. The number of methoxy groups -OCH3 is 2. The van der Waals surface area contributed by atoms with E-state index in [9.17, 15) is 13.2 Å². The van der Waals surface area contributed by atoms with E-state index in [1.54, 1.807) is 56.5 Å². The molecule has 8 heteroatoms. The number of carbonyl (C=O) groups excluding carboxylic acids is 1. The Hall–Kier alpha value is -3.52. The Morgan fingerprint density at radius 1 is 0.879 bits per heavy atom. The predicted molar refractivity (Wildman–Crippen MR) is 128 cm³/mol. The van der Waals surface area contributed by atoms with Gasteiger partial charge in [0.05, 0.1) is 19.9 Å². The Labute approximate surface area is 195 Å². The number of sulfonamides is 1. The van der Waals surface area contributed by atoms with Crippen LogP contribution in [0.2, 0.25) is 0 Å². The van der Waals surface area contributed by atoms with E-state index in [0.717, 1.165) is 21.0 Å². The molecule has 0 aromatic heterocycles. The number of aryl methyl sites for hydroxylation is 2. The van der Waals surface area contributed by atoms with E-state index in [1.165, 1.54) is 7.11 Å². The molecule has 0 aliphatic carbocycles. The van der Waals surface area contributed by atoms with Gasteiger partial charge >= 0.3 is 0 Å². The van der Waals surface area contributed by atoms with Gasteiger partial charge in [0.25, 0.3) is 10.0 Å². The van der Waals surface area contributed by atoms with Gasteiger partial charge in [0, 0.05) is 12.1 Å². The predicted octanol–water partition coefficient (Wildman–Crippen LogP) is 3.83. The van der Waals surface area contributed by atoms with E-state index in [0.29, 0.717) is 11.4 Å². The average Bonchev–Trinajstić information content (AvgIpc) is 2.81. The monoisotopic (exact) mass is 468 g/mol. The number of nitrogens with one attached hydrogen (secondary N) is 1. The lowest BCUT2D eigenvalue weighted by molar-refractivity contribution is -0.119. The van der Waals surface area contributed by atoms with Crippen molar-refractivity contribution >= 4 is 21.6 Å². The van der Waals surface area contributed by atoms with Gasteiger partial charge in [0.15, 0.2) is 0 Å². The summed E-state index contributed by atoms with van der Waals surface area (Å²) in [5, 5.41) is 2.80. The normalized spacial score (nSPS) is 11.0. The molecular weight excluding hydrogens is 440 g/mol. The summed E-state index contributed by atoms with van der Waals surface area (Å²) < 4.78 is 39.2. The first-order valence-corrected chi connectivity index (χ1v) is 11.8. The lowest BCUT2D eigenvalue weighted by Crippen LogP contribution is -2.40. The van der Waals surface area contributed by atoms with Crippen LogP contribution >= 0.6 is 0 Å². The molecule has 0 radical (unpaired) electrons. The molecule has 1 amide bonds. The molecule has 3 aromatic carbocycles. The van der Waals surface area contributed by atoms with Crippen LogP contribution < -0.4 is 19.1 Å². The van der Waals surface area contributed by atoms with Crippen molar-refractivity contribution in [1.29, 1.82) is 0 Å². The van der Waals surface area contributed by atoms with E-state index in [1.807, 2.05) is 31.2 Å². The maximum absolute atomic E-state index is 13.7. The first kappa shape index (κ1) is 24.1. The zero-order chi connectivity index (χ0) is 24.0. The fraction of sp³-hybridized carbons (Fsp3) is 0.240. The summed E-state index contributed by atoms with van der Waals surface area (Å²) in [6.07, 6.45) is 0. The van der Waals surface area contributed by atoms with E-state index >= 15 is 0 Å². The molecular formula is C25H28N2O5S. The van der Waals surface area contributed by atoms with Gasteiger partial charge in [-0.15, -0.1) is 0 Å². The number of ether oxygens (including phenoxy) is 2. The van der Waals surface area contributed by atoms with Crippen LogP contribution in [0.1, 0.15) is 16.7 Å². The SMILES string of the molecule is COc1ccccc1CNC(=O)CN(c1cccc(C)c1)S(=O)(=O)c1cc(C)ccc1OC. The number of benzene rings is 3. The minimum Gasteiger partial charge on any atom is -0.496 e. The van der Waals surface area contributed by atoms with Gasteiger partial charge in [-0.25, -0.2) is 8.42 Å². The number of carbonyl (C=O) groups is 1. The maximum Gasteiger partial charge on any atom is 0.268 e. The fourth-order valence-corrected chi connectivity index (χ4v) is 5.09. The van der Waals surface area contributed by atoms with E-state index in [4.69, 9.17) is 9.47 Å². The quantitative estimate of drug-likeness (QED) is 0.516. The number of nitrogens with zero attached hydrogens (tertiary/aromatic N) is 1. The third-order valence-corrected chi connectivity index (χ3v) is 6.93. The first-order valence-electron chi connectivity index (χ1n) is 10.4. The molecule has 0 spiro atoms. The van der Waals surface area contributed by atoms with Gasteiger partial charge in [-0.05, 0) is 55.3 Å². The third kappa shape index (κ3) is 5.64. The third-order valence-electron chi connectivity index (χ3n) is 5.13. The van der Waals surface area contributed by atoms with Gasteiger partial charge in [-0.3, -0.25) is 9.10 Å². The molecule has 0 aliphatic rings. The number of hydrogen-bond acceptors (Lipinski definition) is 5. The molecule has 0 fully saturated rings. The number of para-hydroxylation sites is 1. The van der Waals surface area contributed by atoms with Crippen molar-refractivity contribution in [2.75, 3.05) is 25.1 Å². The molecule has 0 atom stereocenters. The highest BCUT2D eigenvalue weighted by molar-refractivity contribution is 7.93. The van der Waals surface area contributed by atoms with Gasteiger partial charge < -0.3 is 14.8 Å². The highest BCUT2D eigenvalue weighted by Gasteiger charge is 2.30. The fourth-order valence-electron chi connectivity index (χ4n) is 3.43. The second-order valence-electron chi connectivity index (χ2n) is 7.59. The standard InChI is InChI=1S/C25H28N2O5S/c1-18-8-7-10-21(14-18)27(33(29,30)24-15-19(2)12-13-23(24)32-4)17-25(28)26-16-20-9-5-6-11-22(20)31-3/h5-15H,16-17H2,1-4H3,(H,26,28). The second kappa shape index (κ2) is 10.4. The number of hydrogen-bond donors (Lipinski definition) is 1. The Kier molecular flexibility index (Phi) is 7.60. The molecule has 174 valence electrons. The van der Waals surface area contributed by atoms with Crippen LogP contribution in [0.4, 0.5) is 5.69 Å². The van der Waals surface area contributed by atoms with Crippen LogP contribution in [0.25, 0.3) is 0 Å². The Morgan fingerprint density at radius 3 is 2.27 bits per heavy atom. The molecule has 3 rings (SSSR count). The van der Waals surface area contributed by atoms with Gasteiger partial charge in [-0.2, -0.15) is 0 Å². The lowest BCUT2D eigenvalue weighted by atomic mass is 10.2. The van der Waals surface area contributed by atoms with E-state index in [2.05, 4.69) is 5.32 Å². The summed E-state index contributed by atoms with van der Waals surface area (Å²) in [5.74, 6) is 0.413. The van der Waals surface area contributed by atoms with Crippen LogP contribution in [-0.2, 0) is 21.4 Å². The zero-order valence-electron chi connectivity index (χ0n) is 19.2. The molecule has 3 aromatic rings. The largest absolute Gasteiger partial charge is 0.496 e. The zero-order valence-corrected chi connectivity index (χ0v) is 20.0. The summed E-state index contributed by atoms with van der Waals surface area (Å²) in [5.41, 5.74) is 2.82. The smallest absolute Gasteiger partial charge is 0.268 e. The van der Waals surface area contributed by atoms with Gasteiger partial charge in [-0.1, -0.05) is 36.4 Å². The summed E-state index contributed by atoms with van der Waals surface area (Å²) in [7, 11) is -1.13. The molecule has 0 unspecified atom stereocenters. The van der Waals surface area contributed by atoms with Crippen molar-refractivity contribution in [2.24, 2.45) is 0 Å². The van der Waals surface area contributed by atoms with Crippen LogP contribution in [0, 0.1) is 13.8 Å². The summed E-state index contributed by atoms with van der Waals surface area (Å²) in [4.78, 5) is 12.9. The minimum absolute atomic E-state index is 0.00374. The molecule has 0 saturated carbocycles. The molecule has 0 aliphatic heterocycles. The van der Waals surface area contributed by atoms with Gasteiger partial charge in [0.1, 0.15) is 22.9 Å². The van der Waals surface area contributed by atoms with E-state index in [-0.39, 0.29) is 17.2 Å². The van der Waals surface area contributed by atoms with Crippen LogP contribution in [-0.4, -0.2) is 35.1 Å². The second-order valence-corrected chi connectivity index (χ2v) is 9.42. The van der Waals surface area contributed by atoms with Gasteiger partial charge in [0.2, 0.25) is 5.91 Å². The molecule has 0 heterocycles.